The number of aryl methyl sites for hydroxylation is 1. The maximum Gasteiger partial charge on any atom is 0.240 e. The first-order valence-corrected chi connectivity index (χ1v) is 8.29. The van der Waals surface area contributed by atoms with Crippen LogP contribution in [-0.4, -0.2) is 33.3 Å². The summed E-state index contributed by atoms with van der Waals surface area (Å²) < 4.78 is 32.6. The third kappa shape index (κ3) is 3.79. The number of benzene rings is 1. The molecular weight excluding hydrogens is 278 g/mol. The monoisotopic (exact) mass is 299 g/mol. The molecule has 1 heterocycles. The zero-order valence-electron chi connectivity index (χ0n) is 11.6. The Morgan fingerprint density at radius 3 is 2.70 bits per heavy atom. The number of hydrogen-bond donors (Lipinski definition) is 2. The van der Waals surface area contributed by atoms with E-state index in [1.807, 2.05) is 0 Å². The van der Waals surface area contributed by atoms with Crippen LogP contribution in [0.1, 0.15) is 24.0 Å². The van der Waals surface area contributed by atoms with Crippen LogP contribution in [0.5, 0.6) is 0 Å². The molecule has 0 aliphatic carbocycles. The maximum atomic E-state index is 12.3. The Kier molecular flexibility index (Phi) is 5.15. The standard InChI is InChI=1S/C14H21NO4S/c1-11-2-3-13(10-16)8-14(11)20(17,18)15-9-12-4-6-19-7-5-12/h2-3,8,12,15-16H,4-7,9-10H2,1H3. The van der Waals surface area contributed by atoms with Crippen LogP contribution in [-0.2, 0) is 21.4 Å². The van der Waals surface area contributed by atoms with Crippen molar-refractivity contribution in [2.24, 2.45) is 5.92 Å². The molecule has 0 unspecified atom stereocenters. The largest absolute Gasteiger partial charge is 0.392 e. The summed E-state index contributed by atoms with van der Waals surface area (Å²) in [6.45, 7) is 3.43. The van der Waals surface area contributed by atoms with Crippen LogP contribution in [0.25, 0.3) is 0 Å². The Labute approximate surface area is 120 Å². The lowest BCUT2D eigenvalue weighted by molar-refractivity contribution is 0.0678. The van der Waals surface area contributed by atoms with Crippen molar-refractivity contribution in [3.63, 3.8) is 0 Å². The van der Waals surface area contributed by atoms with Gasteiger partial charge in [-0.3, -0.25) is 0 Å². The molecule has 0 atom stereocenters. The summed E-state index contributed by atoms with van der Waals surface area (Å²) in [6.07, 6.45) is 1.77. The summed E-state index contributed by atoms with van der Waals surface area (Å²) in [7, 11) is -3.52. The second-order valence-electron chi connectivity index (χ2n) is 5.17. The Hall–Kier alpha value is -0.950. The van der Waals surface area contributed by atoms with Gasteiger partial charge in [-0.1, -0.05) is 12.1 Å². The summed E-state index contributed by atoms with van der Waals surface area (Å²) in [6, 6.07) is 4.98. The summed E-state index contributed by atoms with van der Waals surface area (Å²) in [5.74, 6) is 0.333. The Morgan fingerprint density at radius 2 is 2.05 bits per heavy atom. The lowest BCUT2D eigenvalue weighted by Crippen LogP contribution is -2.32. The number of sulfonamides is 1. The molecule has 0 radical (unpaired) electrons. The van der Waals surface area contributed by atoms with Gasteiger partial charge in [-0.2, -0.15) is 0 Å². The van der Waals surface area contributed by atoms with E-state index in [2.05, 4.69) is 4.72 Å². The molecule has 112 valence electrons. The van der Waals surface area contributed by atoms with E-state index in [1.54, 1.807) is 19.1 Å². The minimum atomic E-state index is -3.52. The summed E-state index contributed by atoms with van der Waals surface area (Å²) in [4.78, 5) is 0.246. The topological polar surface area (TPSA) is 75.6 Å². The predicted octanol–water partition coefficient (Wildman–Crippen LogP) is 1.19. The van der Waals surface area contributed by atoms with Gasteiger partial charge in [0.05, 0.1) is 11.5 Å². The van der Waals surface area contributed by atoms with E-state index in [9.17, 15) is 8.42 Å². The van der Waals surface area contributed by atoms with Crippen molar-refractivity contribution in [1.29, 1.82) is 0 Å². The molecule has 1 aliphatic heterocycles. The van der Waals surface area contributed by atoms with Gasteiger partial charge in [0.2, 0.25) is 10.0 Å². The van der Waals surface area contributed by atoms with Gasteiger partial charge >= 0.3 is 0 Å². The molecule has 1 saturated heterocycles. The van der Waals surface area contributed by atoms with Crippen LogP contribution in [0.4, 0.5) is 0 Å². The van der Waals surface area contributed by atoms with Crippen molar-refractivity contribution in [2.45, 2.75) is 31.3 Å². The van der Waals surface area contributed by atoms with Crippen LogP contribution in [0.2, 0.25) is 0 Å². The quantitative estimate of drug-likeness (QED) is 0.856. The first kappa shape index (κ1) is 15.4. The van der Waals surface area contributed by atoms with E-state index in [1.165, 1.54) is 6.07 Å². The molecule has 2 N–H and O–H groups in total. The van der Waals surface area contributed by atoms with Crippen molar-refractivity contribution in [2.75, 3.05) is 19.8 Å². The van der Waals surface area contributed by atoms with Crippen molar-refractivity contribution in [1.82, 2.24) is 4.72 Å². The van der Waals surface area contributed by atoms with E-state index >= 15 is 0 Å². The highest BCUT2D eigenvalue weighted by Gasteiger charge is 2.20. The average Bonchev–Trinajstić information content (AvgIpc) is 2.47. The minimum absolute atomic E-state index is 0.164. The summed E-state index contributed by atoms with van der Waals surface area (Å²) >= 11 is 0. The molecule has 1 aliphatic rings. The number of aliphatic hydroxyl groups is 1. The van der Waals surface area contributed by atoms with Crippen LogP contribution in [0, 0.1) is 12.8 Å². The van der Waals surface area contributed by atoms with Gasteiger partial charge in [-0.15, -0.1) is 0 Å². The van der Waals surface area contributed by atoms with E-state index in [0.717, 1.165) is 12.8 Å². The first-order valence-electron chi connectivity index (χ1n) is 6.81. The molecule has 1 aromatic rings. The molecule has 0 amide bonds. The average molecular weight is 299 g/mol. The maximum absolute atomic E-state index is 12.3. The molecule has 5 nitrogen and oxygen atoms in total. The molecule has 1 aromatic carbocycles. The lowest BCUT2D eigenvalue weighted by Gasteiger charge is -2.22. The number of nitrogens with one attached hydrogen (secondary N) is 1. The first-order chi connectivity index (χ1) is 9.53. The minimum Gasteiger partial charge on any atom is -0.392 e. The van der Waals surface area contributed by atoms with Gasteiger partial charge in [0.1, 0.15) is 0 Å². The van der Waals surface area contributed by atoms with Crippen molar-refractivity contribution < 1.29 is 18.3 Å². The van der Waals surface area contributed by atoms with Crippen LogP contribution in [0.15, 0.2) is 23.1 Å². The van der Waals surface area contributed by atoms with Gasteiger partial charge in [-0.25, -0.2) is 13.1 Å². The Morgan fingerprint density at radius 1 is 1.35 bits per heavy atom. The van der Waals surface area contributed by atoms with Gasteiger partial charge in [0.15, 0.2) is 0 Å². The zero-order valence-corrected chi connectivity index (χ0v) is 12.4. The van der Waals surface area contributed by atoms with Gasteiger partial charge in [0, 0.05) is 19.8 Å². The predicted molar refractivity (Wildman–Crippen MR) is 75.8 cm³/mol. The SMILES string of the molecule is Cc1ccc(CO)cc1S(=O)(=O)NCC1CCOCC1. The normalized spacial score (nSPS) is 17.3. The molecular formula is C14H21NO4S. The highest BCUT2D eigenvalue weighted by molar-refractivity contribution is 7.89. The third-order valence-electron chi connectivity index (χ3n) is 3.63. The van der Waals surface area contributed by atoms with Crippen molar-refractivity contribution >= 4 is 10.0 Å². The lowest BCUT2D eigenvalue weighted by atomic mass is 10.0. The molecule has 0 spiro atoms. The number of rotatable bonds is 5. The van der Waals surface area contributed by atoms with E-state index in [0.29, 0.717) is 36.8 Å². The van der Waals surface area contributed by atoms with Crippen molar-refractivity contribution in [3.8, 4) is 0 Å². The van der Waals surface area contributed by atoms with Crippen LogP contribution >= 0.6 is 0 Å². The zero-order chi connectivity index (χ0) is 14.6. The molecule has 2 rings (SSSR count). The molecule has 0 aromatic heterocycles. The fraction of sp³-hybridized carbons (Fsp3) is 0.571. The Balaban J connectivity index is 2.09. The second kappa shape index (κ2) is 6.67. The van der Waals surface area contributed by atoms with Crippen molar-refractivity contribution in [3.05, 3.63) is 29.3 Å². The van der Waals surface area contributed by atoms with Gasteiger partial charge in [0.25, 0.3) is 0 Å². The van der Waals surface area contributed by atoms with E-state index < -0.39 is 10.0 Å². The highest BCUT2D eigenvalue weighted by Crippen LogP contribution is 2.19. The Bertz CT molecular complexity index is 550. The van der Waals surface area contributed by atoms with Crippen LogP contribution < -0.4 is 4.72 Å². The summed E-state index contributed by atoms with van der Waals surface area (Å²) in [5.41, 5.74) is 1.28. The second-order valence-corrected chi connectivity index (χ2v) is 6.90. The fourth-order valence-corrected chi connectivity index (χ4v) is 3.70. The molecule has 6 heteroatoms. The van der Waals surface area contributed by atoms with Gasteiger partial charge < -0.3 is 9.84 Å². The molecule has 20 heavy (non-hydrogen) atoms. The molecule has 1 fully saturated rings. The van der Waals surface area contributed by atoms with E-state index in [-0.39, 0.29) is 11.5 Å². The smallest absolute Gasteiger partial charge is 0.240 e. The number of hydrogen-bond acceptors (Lipinski definition) is 4. The number of ether oxygens (including phenoxy) is 1. The fourth-order valence-electron chi connectivity index (χ4n) is 2.29. The van der Waals surface area contributed by atoms with Gasteiger partial charge in [-0.05, 0) is 42.9 Å². The molecule has 0 saturated carbocycles. The van der Waals surface area contributed by atoms with Crippen LogP contribution in [0.3, 0.4) is 0 Å². The molecule has 0 bridgehead atoms. The third-order valence-corrected chi connectivity index (χ3v) is 5.19. The summed E-state index contributed by atoms with van der Waals surface area (Å²) in [5, 5.41) is 9.12. The highest BCUT2D eigenvalue weighted by atomic mass is 32.2. The van der Waals surface area contributed by atoms with E-state index in [4.69, 9.17) is 9.84 Å². The number of aliphatic hydroxyl groups excluding tert-OH is 1.